The van der Waals surface area contributed by atoms with Gasteiger partial charge in [-0.2, -0.15) is 0 Å². The summed E-state index contributed by atoms with van der Waals surface area (Å²) in [6, 6.07) is -0.638. The predicted octanol–water partition coefficient (Wildman–Crippen LogP) is 1.36. The number of hydrogen-bond acceptors (Lipinski definition) is 5. The SMILES string of the molecule is CC(=O)N[C@H]1C(CCCCCCCC(C)C)O[C@H](CO)[C@H](O)[C@@H]1O. The molecule has 0 saturated carbocycles. The third-order valence-corrected chi connectivity index (χ3v) is 4.67. The Kier molecular flexibility index (Phi) is 9.81. The minimum Gasteiger partial charge on any atom is -0.394 e. The second kappa shape index (κ2) is 11.0. The van der Waals surface area contributed by atoms with E-state index in [2.05, 4.69) is 19.2 Å². The van der Waals surface area contributed by atoms with Crippen LogP contribution in [0.15, 0.2) is 0 Å². The molecule has 0 bridgehead atoms. The van der Waals surface area contributed by atoms with E-state index in [1.165, 1.54) is 32.6 Å². The lowest BCUT2D eigenvalue weighted by atomic mass is 9.90. The molecule has 5 atom stereocenters. The van der Waals surface area contributed by atoms with Crippen LogP contribution in [-0.4, -0.2) is 58.3 Å². The van der Waals surface area contributed by atoms with Crippen LogP contribution in [0.25, 0.3) is 0 Å². The van der Waals surface area contributed by atoms with Crippen molar-refractivity contribution >= 4 is 5.91 Å². The summed E-state index contributed by atoms with van der Waals surface area (Å²) in [5.74, 6) is 0.485. The number of rotatable bonds is 10. The summed E-state index contributed by atoms with van der Waals surface area (Å²) < 4.78 is 5.72. The van der Waals surface area contributed by atoms with Crippen molar-refractivity contribution in [2.75, 3.05) is 6.61 Å². The van der Waals surface area contributed by atoms with Gasteiger partial charge in [0, 0.05) is 6.92 Å². The van der Waals surface area contributed by atoms with Crippen LogP contribution in [-0.2, 0) is 9.53 Å². The van der Waals surface area contributed by atoms with Gasteiger partial charge in [0.2, 0.25) is 5.91 Å². The monoisotopic (exact) mass is 345 g/mol. The zero-order valence-corrected chi connectivity index (χ0v) is 15.3. The van der Waals surface area contributed by atoms with Gasteiger partial charge in [0.15, 0.2) is 0 Å². The molecule has 1 heterocycles. The lowest BCUT2D eigenvalue weighted by Gasteiger charge is -2.42. The normalized spacial score (nSPS) is 30.5. The van der Waals surface area contributed by atoms with Crippen LogP contribution >= 0.6 is 0 Å². The van der Waals surface area contributed by atoms with Crippen LogP contribution in [0.4, 0.5) is 0 Å². The quantitative estimate of drug-likeness (QED) is 0.448. The Balaban J connectivity index is 2.41. The maximum atomic E-state index is 11.4. The van der Waals surface area contributed by atoms with Crippen LogP contribution in [0.2, 0.25) is 0 Å². The third-order valence-electron chi connectivity index (χ3n) is 4.67. The second-order valence-electron chi connectivity index (χ2n) is 7.34. The summed E-state index contributed by atoms with van der Waals surface area (Å²) in [6.07, 6.45) is 4.09. The molecule has 0 radical (unpaired) electrons. The predicted molar refractivity (Wildman–Crippen MR) is 92.5 cm³/mol. The molecule has 1 saturated heterocycles. The summed E-state index contributed by atoms with van der Waals surface area (Å²) in [6.45, 7) is 5.50. The first kappa shape index (κ1) is 21.4. The molecule has 6 heteroatoms. The van der Waals surface area contributed by atoms with E-state index in [-0.39, 0.29) is 18.6 Å². The standard InChI is InChI=1S/C18H35NO5/c1-12(2)9-7-5-4-6-8-10-14-16(19-13(3)21)18(23)17(22)15(11-20)24-14/h12,14-18,20,22-23H,4-11H2,1-3H3,(H,19,21)/t14?,15-,16+,17+,18-/m1/s1. The highest BCUT2D eigenvalue weighted by Crippen LogP contribution is 2.25. The molecule has 1 rings (SSSR count). The van der Waals surface area contributed by atoms with Crippen molar-refractivity contribution in [3.8, 4) is 0 Å². The first-order valence-corrected chi connectivity index (χ1v) is 9.26. The van der Waals surface area contributed by atoms with E-state index in [0.717, 1.165) is 18.8 Å². The highest BCUT2D eigenvalue weighted by Gasteiger charge is 2.44. The van der Waals surface area contributed by atoms with E-state index in [1.807, 2.05) is 0 Å². The minimum atomic E-state index is -1.20. The second-order valence-corrected chi connectivity index (χ2v) is 7.34. The van der Waals surface area contributed by atoms with Crippen LogP contribution < -0.4 is 5.32 Å². The number of ether oxygens (including phenoxy) is 1. The molecule has 1 aliphatic heterocycles. The zero-order chi connectivity index (χ0) is 18.1. The summed E-state index contributed by atoms with van der Waals surface area (Å²) in [5.41, 5.74) is 0. The molecule has 142 valence electrons. The lowest BCUT2D eigenvalue weighted by molar-refractivity contribution is -0.196. The molecule has 0 aliphatic carbocycles. The smallest absolute Gasteiger partial charge is 0.217 e. The third kappa shape index (κ3) is 7.05. The number of aliphatic hydroxyl groups excluding tert-OH is 3. The van der Waals surface area contributed by atoms with E-state index >= 15 is 0 Å². The molecule has 1 unspecified atom stereocenters. The molecule has 0 aromatic carbocycles. The summed E-state index contributed by atoms with van der Waals surface area (Å²) in [4.78, 5) is 11.4. The summed E-state index contributed by atoms with van der Waals surface area (Å²) >= 11 is 0. The number of aliphatic hydroxyl groups is 3. The number of hydrogen-bond donors (Lipinski definition) is 4. The Hall–Kier alpha value is -0.690. The van der Waals surface area contributed by atoms with E-state index in [4.69, 9.17) is 4.74 Å². The maximum absolute atomic E-state index is 11.4. The van der Waals surface area contributed by atoms with E-state index in [1.54, 1.807) is 0 Å². The summed E-state index contributed by atoms with van der Waals surface area (Å²) in [5, 5.41) is 32.2. The number of carbonyl (C=O) groups excluding carboxylic acids is 1. The van der Waals surface area contributed by atoms with Crippen LogP contribution in [0.1, 0.15) is 65.7 Å². The van der Waals surface area contributed by atoms with Gasteiger partial charge in [-0.25, -0.2) is 0 Å². The molecule has 1 fully saturated rings. The highest BCUT2D eigenvalue weighted by atomic mass is 16.5. The lowest BCUT2D eigenvalue weighted by Crippen LogP contribution is -2.63. The van der Waals surface area contributed by atoms with Gasteiger partial charge in [0.25, 0.3) is 0 Å². The fourth-order valence-electron chi connectivity index (χ4n) is 3.28. The van der Waals surface area contributed by atoms with Crippen molar-refractivity contribution in [1.29, 1.82) is 0 Å². The molecular formula is C18H35NO5. The highest BCUT2D eigenvalue weighted by molar-refractivity contribution is 5.73. The number of unbranched alkanes of at least 4 members (excludes halogenated alkanes) is 4. The molecular weight excluding hydrogens is 310 g/mol. The molecule has 1 aliphatic rings. The van der Waals surface area contributed by atoms with E-state index < -0.39 is 24.4 Å². The van der Waals surface area contributed by atoms with Gasteiger partial charge < -0.3 is 25.4 Å². The molecule has 0 spiro atoms. The Bertz CT molecular complexity index is 363. The average Bonchev–Trinajstić information content (AvgIpc) is 2.52. The minimum absolute atomic E-state index is 0.268. The Labute approximate surface area is 145 Å². The van der Waals surface area contributed by atoms with Gasteiger partial charge in [0.1, 0.15) is 18.3 Å². The maximum Gasteiger partial charge on any atom is 0.217 e. The molecule has 6 nitrogen and oxygen atoms in total. The largest absolute Gasteiger partial charge is 0.394 e. The van der Waals surface area contributed by atoms with Gasteiger partial charge in [0.05, 0.1) is 18.8 Å². The van der Waals surface area contributed by atoms with Gasteiger partial charge in [-0.15, -0.1) is 0 Å². The van der Waals surface area contributed by atoms with Crippen molar-refractivity contribution in [2.45, 2.75) is 96.2 Å². The molecule has 4 N–H and O–H groups in total. The van der Waals surface area contributed by atoms with Crippen molar-refractivity contribution in [1.82, 2.24) is 5.32 Å². The van der Waals surface area contributed by atoms with Crippen molar-refractivity contribution in [2.24, 2.45) is 5.92 Å². The summed E-state index contributed by atoms with van der Waals surface area (Å²) in [7, 11) is 0. The zero-order valence-electron chi connectivity index (χ0n) is 15.3. The number of amides is 1. The van der Waals surface area contributed by atoms with Crippen LogP contribution in [0.5, 0.6) is 0 Å². The number of nitrogens with one attached hydrogen (secondary N) is 1. The fraction of sp³-hybridized carbons (Fsp3) is 0.944. The topological polar surface area (TPSA) is 99.0 Å². The van der Waals surface area contributed by atoms with E-state index in [0.29, 0.717) is 6.42 Å². The first-order chi connectivity index (χ1) is 11.4. The average molecular weight is 345 g/mol. The fourth-order valence-corrected chi connectivity index (χ4v) is 3.28. The van der Waals surface area contributed by atoms with Crippen molar-refractivity contribution in [3.05, 3.63) is 0 Å². The number of carbonyl (C=O) groups is 1. The Morgan fingerprint density at radius 1 is 1.04 bits per heavy atom. The van der Waals surface area contributed by atoms with Gasteiger partial charge in [-0.05, 0) is 12.3 Å². The van der Waals surface area contributed by atoms with Gasteiger partial charge in [-0.1, -0.05) is 52.4 Å². The van der Waals surface area contributed by atoms with Gasteiger partial charge in [-0.3, -0.25) is 4.79 Å². The molecule has 0 aromatic heterocycles. The van der Waals surface area contributed by atoms with Crippen LogP contribution in [0, 0.1) is 5.92 Å². The first-order valence-electron chi connectivity index (χ1n) is 9.26. The Morgan fingerprint density at radius 3 is 2.25 bits per heavy atom. The molecule has 0 aromatic rings. The molecule has 24 heavy (non-hydrogen) atoms. The van der Waals surface area contributed by atoms with E-state index in [9.17, 15) is 20.1 Å². The Morgan fingerprint density at radius 2 is 1.67 bits per heavy atom. The van der Waals surface area contributed by atoms with Crippen molar-refractivity contribution in [3.63, 3.8) is 0 Å². The molecule has 1 amide bonds. The van der Waals surface area contributed by atoms with Crippen molar-refractivity contribution < 1.29 is 24.9 Å². The van der Waals surface area contributed by atoms with Crippen LogP contribution in [0.3, 0.4) is 0 Å². The van der Waals surface area contributed by atoms with Gasteiger partial charge >= 0.3 is 0 Å².